The van der Waals surface area contributed by atoms with E-state index < -0.39 is 0 Å². The van der Waals surface area contributed by atoms with E-state index in [0.29, 0.717) is 13.1 Å². The summed E-state index contributed by atoms with van der Waals surface area (Å²) in [6.45, 7) is 3.12. The van der Waals surface area contributed by atoms with Gasteiger partial charge >= 0.3 is 0 Å². The van der Waals surface area contributed by atoms with Crippen molar-refractivity contribution in [1.29, 1.82) is 0 Å². The first-order valence-electron chi connectivity index (χ1n) is 7.82. The fourth-order valence-corrected chi connectivity index (χ4v) is 2.57. The molecular formula is C17H22N6O. The predicted octanol–water partition coefficient (Wildman–Crippen LogP) is 2.08. The van der Waals surface area contributed by atoms with Gasteiger partial charge in [0.05, 0.1) is 13.1 Å². The number of rotatable bonds is 4. The fraction of sp³-hybridized carbons (Fsp3) is 0.353. The van der Waals surface area contributed by atoms with Crippen LogP contribution in [0.5, 0.6) is 0 Å². The summed E-state index contributed by atoms with van der Waals surface area (Å²) in [7, 11) is 5.69. The number of nitrogens with zero attached hydrogens (tertiary/aromatic N) is 5. The van der Waals surface area contributed by atoms with Crippen molar-refractivity contribution in [3.8, 4) is 0 Å². The molecule has 0 atom stereocenters. The Bertz CT molecular complexity index is 830. The molecule has 0 fully saturated rings. The van der Waals surface area contributed by atoms with Gasteiger partial charge in [-0.2, -0.15) is 0 Å². The minimum absolute atomic E-state index is 0.564. The number of para-hydroxylation sites is 1. The first-order valence-corrected chi connectivity index (χ1v) is 7.82. The maximum atomic E-state index is 5.87. The maximum absolute atomic E-state index is 5.87. The number of aryl methyl sites for hydroxylation is 1. The van der Waals surface area contributed by atoms with E-state index >= 15 is 0 Å². The first-order chi connectivity index (χ1) is 11.6. The second-order valence-corrected chi connectivity index (χ2v) is 5.73. The number of benzene rings is 1. The van der Waals surface area contributed by atoms with Gasteiger partial charge in [0.1, 0.15) is 17.2 Å². The van der Waals surface area contributed by atoms with Crippen LogP contribution in [0.15, 0.2) is 39.7 Å². The Balaban J connectivity index is 1.65. The Labute approximate surface area is 141 Å². The van der Waals surface area contributed by atoms with Gasteiger partial charge in [-0.05, 0) is 19.1 Å². The summed E-state index contributed by atoms with van der Waals surface area (Å²) in [4.78, 5) is 6.34. The zero-order chi connectivity index (χ0) is 17.1. The fourth-order valence-electron chi connectivity index (χ4n) is 2.57. The lowest BCUT2D eigenvalue weighted by Gasteiger charge is -2.20. The second kappa shape index (κ2) is 6.74. The van der Waals surface area contributed by atoms with Gasteiger partial charge in [-0.1, -0.05) is 18.2 Å². The Kier molecular flexibility index (Phi) is 4.50. The van der Waals surface area contributed by atoms with Crippen molar-refractivity contribution in [1.82, 2.24) is 25.0 Å². The molecule has 0 bridgehead atoms. The van der Waals surface area contributed by atoms with Crippen molar-refractivity contribution < 1.29 is 4.42 Å². The third-order valence-electron chi connectivity index (χ3n) is 4.03. The van der Waals surface area contributed by atoms with Gasteiger partial charge < -0.3 is 19.2 Å². The molecular weight excluding hydrogens is 304 g/mol. The van der Waals surface area contributed by atoms with E-state index in [9.17, 15) is 0 Å². The monoisotopic (exact) mass is 326 g/mol. The second-order valence-electron chi connectivity index (χ2n) is 5.73. The van der Waals surface area contributed by atoms with Crippen molar-refractivity contribution in [3.05, 3.63) is 47.7 Å². The minimum atomic E-state index is 0.564. The molecule has 0 aliphatic carbocycles. The maximum Gasteiger partial charge on any atom is 0.194 e. The van der Waals surface area contributed by atoms with Crippen LogP contribution in [0.2, 0.25) is 0 Å². The normalized spacial score (nSPS) is 11.9. The Hall–Kier alpha value is -2.83. The molecule has 3 rings (SSSR count). The van der Waals surface area contributed by atoms with Crippen LogP contribution >= 0.6 is 0 Å². The van der Waals surface area contributed by atoms with E-state index in [1.807, 2.05) is 54.8 Å². The molecule has 0 unspecified atom stereocenters. The number of aromatic nitrogens is 3. The molecule has 0 amide bonds. The molecule has 2 heterocycles. The van der Waals surface area contributed by atoms with Crippen LogP contribution in [0.4, 0.5) is 0 Å². The van der Waals surface area contributed by atoms with Crippen LogP contribution in [0, 0.1) is 6.92 Å². The van der Waals surface area contributed by atoms with Crippen LogP contribution in [-0.4, -0.2) is 39.7 Å². The van der Waals surface area contributed by atoms with Gasteiger partial charge in [0.2, 0.25) is 0 Å². The number of hydrogen-bond acceptors (Lipinski definition) is 4. The van der Waals surface area contributed by atoms with Crippen molar-refractivity contribution in [3.63, 3.8) is 0 Å². The largest absolute Gasteiger partial charge is 0.459 e. The van der Waals surface area contributed by atoms with E-state index in [4.69, 9.17) is 4.42 Å². The molecule has 1 N–H and O–H groups in total. The standard InChI is InChI=1S/C17H22N6O/c1-12-20-21-16(23(12)4)10-19-17(18-2)22(3)11-14-9-13-7-5-6-8-15(13)24-14/h5-9H,10-11H2,1-4H3,(H,18,19). The molecule has 7 heteroatoms. The van der Waals surface area contributed by atoms with E-state index in [1.165, 1.54) is 0 Å². The number of hydrogen-bond donors (Lipinski definition) is 1. The summed E-state index contributed by atoms with van der Waals surface area (Å²) in [5.74, 6) is 3.43. The highest BCUT2D eigenvalue weighted by molar-refractivity contribution is 5.80. The summed E-state index contributed by atoms with van der Waals surface area (Å²) >= 11 is 0. The molecule has 7 nitrogen and oxygen atoms in total. The van der Waals surface area contributed by atoms with E-state index in [1.54, 1.807) is 7.05 Å². The summed E-state index contributed by atoms with van der Waals surface area (Å²) in [5.41, 5.74) is 0.901. The van der Waals surface area contributed by atoms with E-state index in [0.717, 1.165) is 34.3 Å². The summed E-state index contributed by atoms with van der Waals surface area (Å²) in [5, 5.41) is 12.6. The smallest absolute Gasteiger partial charge is 0.194 e. The van der Waals surface area contributed by atoms with Crippen LogP contribution in [-0.2, 0) is 20.1 Å². The summed E-state index contributed by atoms with van der Waals surface area (Å²) in [6, 6.07) is 10.1. The zero-order valence-electron chi connectivity index (χ0n) is 14.4. The summed E-state index contributed by atoms with van der Waals surface area (Å²) < 4.78 is 7.83. The van der Waals surface area contributed by atoms with Crippen LogP contribution in [0.3, 0.4) is 0 Å². The average molecular weight is 326 g/mol. The van der Waals surface area contributed by atoms with Crippen LogP contribution in [0.1, 0.15) is 17.4 Å². The SMILES string of the molecule is CN=C(NCc1nnc(C)n1C)N(C)Cc1cc2ccccc2o1. The predicted molar refractivity (Wildman–Crippen MR) is 93.6 cm³/mol. The highest BCUT2D eigenvalue weighted by Gasteiger charge is 2.12. The molecule has 0 aliphatic heterocycles. The number of furan rings is 1. The van der Waals surface area contributed by atoms with Gasteiger partial charge in [-0.15, -0.1) is 10.2 Å². The number of aliphatic imine (C=N–C) groups is 1. The van der Waals surface area contributed by atoms with Crippen molar-refractivity contribution >= 4 is 16.9 Å². The zero-order valence-corrected chi connectivity index (χ0v) is 14.4. The number of guanidine groups is 1. The number of nitrogens with one attached hydrogen (secondary N) is 1. The average Bonchev–Trinajstić information content (AvgIpc) is 3.12. The van der Waals surface area contributed by atoms with Gasteiger partial charge in [0.15, 0.2) is 11.8 Å². The third-order valence-corrected chi connectivity index (χ3v) is 4.03. The third kappa shape index (κ3) is 3.24. The van der Waals surface area contributed by atoms with Gasteiger partial charge in [0, 0.05) is 26.5 Å². The molecule has 2 aromatic heterocycles. The molecule has 1 aromatic carbocycles. The highest BCUT2D eigenvalue weighted by Crippen LogP contribution is 2.19. The molecule has 0 aliphatic rings. The van der Waals surface area contributed by atoms with Crippen molar-refractivity contribution in [2.45, 2.75) is 20.0 Å². The minimum Gasteiger partial charge on any atom is -0.459 e. The Morgan fingerprint density at radius 1 is 1.33 bits per heavy atom. The lowest BCUT2D eigenvalue weighted by molar-refractivity contribution is 0.411. The van der Waals surface area contributed by atoms with E-state index in [2.05, 4.69) is 26.6 Å². The lowest BCUT2D eigenvalue weighted by atomic mass is 10.2. The van der Waals surface area contributed by atoms with Crippen LogP contribution < -0.4 is 5.32 Å². The Morgan fingerprint density at radius 3 is 2.79 bits per heavy atom. The molecule has 0 spiro atoms. The van der Waals surface area contributed by atoms with Crippen molar-refractivity contribution in [2.24, 2.45) is 12.0 Å². The molecule has 126 valence electrons. The van der Waals surface area contributed by atoms with Crippen LogP contribution in [0.25, 0.3) is 11.0 Å². The van der Waals surface area contributed by atoms with Gasteiger partial charge in [-0.25, -0.2) is 0 Å². The lowest BCUT2D eigenvalue weighted by Crippen LogP contribution is -2.38. The molecule has 0 saturated heterocycles. The molecule has 0 radical (unpaired) electrons. The molecule has 3 aromatic rings. The van der Waals surface area contributed by atoms with E-state index in [-0.39, 0.29) is 0 Å². The van der Waals surface area contributed by atoms with Gasteiger partial charge in [0.25, 0.3) is 0 Å². The highest BCUT2D eigenvalue weighted by atomic mass is 16.3. The molecule has 24 heavy (non-hydrogen) atoms. The summed E-state index contributed by atoms with van der Waals surface area (Å²) in [6.07, 6.45) is 0. The quantitative estimate of drug-likeness (QED) is 0.587. The Morgan fingerprint density at radius 2 is 2.12 bits per heavy atom. The first kappa shape index (κ1) is 16.0. The molecule has 0 saturated carbocycles. The number of fused-ring (bicyclic) bond motifs is 1. The van der Waals surface area contributed by atoms with Crippen molar-refractivity contribution in [2.75, 3.05) is 14.1 Å². The topological polar surface area (TPSA) is 71.5 Å². The van der Waals surface area contributed by atoms with Gasteiger partial charge in [-0.3, -0.25) is 4.99 Å².